The Labute approximate surface area is 156 Å². The third kappa shape index (κ3) is 10.8. The van der Waals surface area contributed by atoms with Crippen LogP contribution >= 0.6 is 0 Å². The molecule has 11 N–H and O–H groups in total. The molecular weight excluding hydrogens is 360 g/mol. The minimum absolute atomic E-state index is 0.181. The molecule has 0 unspecified atom stereocenters. The van der Waals surface area contributed by atoms with E-state index in [1.807, 2.05) is 0 Å². The number of rotatable bonds is 14. The standard InChI is InChI=1S/C15H28N6O6/c16-6-2-1-3-9(20-13(24)8(17)7-12(19)23)14(25)21-10(15(26)27)4-5-11(18)22/h8-10H,1-7,16-17H2,(H2,18,22)(H2,19,23)(H,20,24)(H,21,25)(H,26,27)/t8-,9-,10-/m0/s1. The zero-order chi connectivity index (χ0) is 21.0. The summed E-state index contributed by atoms with van der Waals surface area (Å²) in [5.41, 5.74) is 20.9. The van der Waals surface area contributed by atoms with Gasteiger partial charge < -0.3 is 38.7 Å². The second-order valence-electron chi connectivity index (χ2n) is 6.03. The summed E-state index contributed by atoms with van der Waals surface area (Å²) in [6.07, 6.45) is 0.418. The predicted octanol–water partition coefficient (Wildman–Crippen LogP) is -3.36. The fourth-order valence-corrected chi connectivity index (χ4v) is 2.17. The molecule has 4 amide bonds. The lowest BCUT2D eigenvalue weighted by Gasteiger charge is -2.22. The largest absolute Gasteiger partial charge is 0.480 e. The van der Waals surface area contributed by atoms with Gasteiger partial charge in [0.05, 0.1) is 12.5 Å². The van der Waals surface area contributed by atoms with Gasteiger partial charge in [0.25, 0.3) is 0 Å². The first-order chi connectivity index (χ1) is 12.6. The van der Waals surface area contributed by atoms with E-state index >= 15 is 0 Å². The highest BCUT2D eigenvalue weighted by atomic mass is 16.4. The van der Waals surface area contributed by atoms with Crippen molar-refractivity contribution in [3.63, 3.8) is 0 Å². The zero-order valence-electron chi connectivity index (χ0n) is 15.0. The van der Waals surface area contributed by atoms with Crippen LogP contribution in [0.5, 0.6) is 0 Å². The number of hydrogen-bond acceptors (Lipinski definition) is 7. The second-order valence-corrected chi connectivity index (χ2v) is 6.03. The average Bonchev–Trinajstić information content (AvgIpc) is 2.56. The maximum absolute atomic E-state index is 12.4. The molecular formula is C15H28N6O6. The van der Waals surface area contributed by atoms with Crippen LogP contribution in [0.3, 0.4) is 0 Å². The van der Waals surface area contributed by atoms with Gasteiger partial charge in [-0.2, -0.15) is 0 Å². The summed E-state index contributed by atoms with van der Waals surface area (Å²) in [7, 11) is 0. The molecule has 0 fully saturated rings. The third-order valence-electron chi connectivity index (χ3n) is 3.63. The molecule has 0 spiro atoms. The molecule has 154 valence electrons. The van der Waals surface area contributed by atoms with Crippen molar-refractivity contribution in [1.29, 1.82) is 0 Å². The van der Waals surface area contributed by atoms with Gasteiger partial charge in [-0.1, -0.05) is 0 Å². The van der Waals surface area contributed by atoms with Crippen LogP contribution in [0.2, 0.25) is 0 Å². The first-order valence-corrected chi connectivity index (χ1v) is 8.44. The molecule has 27 heavy (non-hydrogen) atoms. The number of primary amides is 2. The number of nitrogens with two attached hydrogens (primary N) is 4. The highest BCUT2D eigenvalue weighted by Gasteiger charge is 2.28. The third-order valence-corrected chi connectivity index (χ3v) is 3.63. The fourth-order valence-electron chi connectivity index (χ4n) is 2.17. The van der Waals surface area contributed by atoms with Gasteiger partial charge in [0, 0.05) is 6.42 Å². The molecule has 0 saturated heterocycles. The summed E-state index contributed by atoms with van der Waals surface area (Å²) in [5, 5.41) is 13.8. The Morgan fingerprint density at radius 2 is 1.44 bits per heavy atom. The van der Waals surface area contributed by atoms with Crippen molar-refractivity contribution in [3.8, 4) is 0 Å². The number of carbonyl (C=O) groups excluding carboxylic acids is 4. The van der Waals surface area contributed by atoms with E-state index < -0.39 is 54.1 Å². The Hall–Kier alpha value is -2.73. The molecule has 0 bridgehead atoms. The van der Waals surface area contributed by atoms with Crippen molar-refractivity contribution in [2.75, 3.05) is 6.54 Å². The molecule has 0 aliphatic rings. The summed E-state index contributed by atoms with van der Waals surface area (Å²) >= 11 is 0. The van der Waals surface area contributed by atoms with Crippen molar-refractivity contribution >= 4 is 29.6 Å². The fraction of sp³-hybridized carbons (Fsp3) is 0.667. The van der Waals surface area contributed by atoms with E-state index in [2.05, 4.69) is 10.6 Å². The minimum Gasteiger partial charge on any atom is -0.480 e. The van der Waals surface area contributed by atoms with E-state index in [1.54, 1.807) is 0 Å². The van der Waals surface area contributed by atoms with E-state index in [9.17, 15) is 24.0 Å². The summed E-state index contributed by atoms with van der Waals surface area (Å²) in [5.74, 6) is -4.36. The Kier molecular flexibility index (Phi) is 11.3. The van der Waals surface area contributed by atoms with Crippen LogP contribution in [0.15, 0.2) is 0 Å². The van der Waals surface area contributed by atoms with Crippen molar-refractivity contribution < 1.29 is 29.1 Å². The normalized spacial score (nSPS) is 13.9. The van der Waals surface area contributed by atoms with Crippen molar-refractivity contribution in [1.82, 2.24) is 10.6 Å². The minimum atomic E-state index is -1.35. The molecule has 12 nitrogen and oxygen atoms in total. The number of carbonyl (C=O) groups is 5. The quantitative estimate of drug-likeness (QED) is 0.148. The molecule has 3 atom stereocenters. The van der Waals surface area contributed by atoms with Gasteiger partial charge >= 0.3 is 5.97 Å². The van der Waals surface area contributed by atoms with Crippen LogP contribution in [0.1, 0.15) is 38.5 Å². The Balaban J connectivity index is 5.03. The van der Waals surface area contributed by atoms with Gasteiger partial charge in [0.2, 0.25) is 23.6 Å². The molecule has 0 heterocycles. The monoisotopic (exact) mass is 388 g/mol. The average molecular weight is 388 g/mol. The molecule has 0 rings (SSSR count). The Bertz CT molecular complexity index is 555. The van der Waals surface area contributed by atoms with E-state index in [0.29, 0.717) is 19.4 Å². The number of aliphatic carboxylic acids is 1. The topological polar surface area (TPSA) is 234 Å². The SMILES string of the molecule is NCCCC[C@H](NC(=O)[C@@H](N)CC(N)=O)C(=O)N[C@@H](CCC(N)=O)C(=O)O. The zero-order valence-corrected chi connectivity index (χ0v) is 15.0. The Morgan fingerprint density at radius 3 is 1.93 bits per heavy atom. The summed E-state index contributed by atoms with van der Waals surface area (Å²) < 4.78 is 0. The molecule has 0 aromatic heterocycles. The summed E-state index contributed by atoms with van der Waals surface area (Å²) in [6.45, 7) is 0.375. The van der Waals surface area contributed by atoms with E-state index in [0.717, 1.165) is 0 Å². The first kappa shape index (κ1) is 24.3. The molecule has 0 aliphatic heterocycles. The highest BCUT2D eigenvalue weighted by Crippen LogP contribution is 2.05. The van der Waals surface area contributed by atoms with E-state index in [1.165, 1.54) is 0 Å². The van der Waals surface area contributed by atoms with Gasteiger partial charge in [-0.25, -0.2) is 4.79 Å². The summed E-state index contributed by atoms with van der Waals surface area (Å²) in [4.78, 5) is 57.4. The number of nitrogens with one attached hydrogen (secondary N) is 2. The maximum atomic E-state index is 12.4. The van der Waals surface area contributed by atoms with Crippen LogP contribution in [0, 0.1) is 0 Å². The van der Waals surface area contributed by atoms with E-state index in [-0.39, 0.29) is 19.3 Å². The van der Waals surface area contributed by atoms with Gasteiger partial charge in [0.15, 0.2) is 0 Å². The van der Waals surface area contributed by atoms with Gasteiger partial charge in [-0.3, -0.25) is 19.2 Å². The van der Waals surface area contributed by atoms with Gasteiger partial charge in [0.1, 0.15) is 12.1 Å². The maximum Gasteiger partial charge on any atom is 0.326 e. The molecule has 0 aliphatic carbocycles. The first-order valence-electron chi connectivity index (χ1n) is 8.44. The number of carboxylic acid groups (broad SMARTS) is 1. The second kappa shape index (κ2) is 12.6. The van der Waals surface area contributed by atoms with Gasteiger partial charge in [-0.15, -0.1) is 0 Å². The van der Waals surface area contributed by atoms with Crippen LogP contribution in [-0.2, 0) is 24.0 Å². The highest BCUT2D eigenvalue weighted by molar-refractivity contribution is 5.93. The lowest BCUT2D eigenvalue weighted by atomic mass is 10.1. The molecule has 12 heteroatoms. The van der Waals surface area contributed by atoms with Crippen molar-refractivity contribution in [2.24, 2.45) is 22.9 Å². The molecule has 0 saturated carbocycles. The lowest BCUT2D eigenvalue weighted by molar-refractivity contribution is -0.142. The molecule has 0 aromatic rings. The molecule has 0 aromatic carbocycles. The van der Waals surface area contributed by atoms with E-state index in [4.69, 9.17) is 28.0 Å². The Morgan fingerprint density at radius 1 is 0.852 bits per heavy atom. The van der Waals surface area contributed by atoms with Crippen molar-refractivity contribution in [3.05, 3.63) is 0 Å². The van der Waals surface area contributed by atoms with Gasteiger partial charge in [-0.05, 0) is 32.2 Å². The van der Waals surface area contributed by atoms with Crippen molar-refractivity contribution in [2.45, 2.75) is 56.7 Å². The summed E-state index contributed by atoms with van der Waals surface area (Å²) in [6, 6.07) is -3.67. The van der Waals surface area contributed by atoms with Crippen LogP contribution < -0.4 is 33.6 Å². The lowest BCUT2D eigenvalue weighted by Crippen LogP contribution is -2.55. The van der Waals surface area contributed by atoms with Crippen LogP contribution in [0.25, 0.3) is 0 Å². The number of amides is 4. The number of hydrogen-bond donors (Lipinski definition) is 7. The van der Waals surface area contributed by atoms with Crippen LogP contribution in [0.4, 0.5) is 0 Å². The smallest absolute Gasteiger partial charge is 0.326 e. The number of unbranched alkanes of at least 4 members (excludes halogenated alkanes) is 1. The molecule has 0 radical (unpaired) electrons. The predicted molar refractivity (Wildman–Crippen MR) is 94.6 cm³/mol. The number of carboxylic acids is 1. The van der Waals surface area contributed by atoms with Crippen LogP contribution in [-0.4, -0.2) is 59.4 Å².